The summed E-state index contributed by atoms with van der Waals surface area (Å²) in [5, 5.41) is 0.443. The minimum absolute atomic E-state index is 0.256. The van der Waals surface area contributed by atoms with Gasteiger partial charge in [-0.05, 0) is 25.5 Å². The molecule has 0 N–H and O–H groups in total. The van der Waals surface area contributed by atoms with E-state index < -0.39 is 5.92 Å². The van der Waals surface area contributed by atoms with E-state index in [1.807, 2.05) is 6.92 Å². The summed E-state index contributed by atoms with van der Waals surface area (Å²) in [6.45, 7) is 5.54. The van der Waals surface area contributed by atoms with E-state index in [0.29, 0.717) is 31.2 Å². The molecule has 0 aliphatic rings. The highest BCUT2D eigenvalue weighted by atomic mass is 35.5. The molecular formula is C16H23ClN2O4. The lowest BCUT2D eigenvalue weighted by Crippen LogP contribution is -2.38. The monoisotopic (exact) mass is 342 g/mol. The minimum atomic E-state index is -0.421. The predicted molar refractivity (Wildman–Crippen MR) is 87.4 cm³/mol. The smallest absolute Gasteiger partial charge is 0.310 e. The zero-order valence-electron chi connectivity index (χ0n) is 13.8. The van der Waals surface area contributed by atoms with E-state index in [1.54, 1.807) is 17.9 Å². The molecule has 1 heterocycles. The molecule has 1 unspecified atom stereocenters. The van der Waals surface area contributed by atoms with Crippen LogP contribution in [0, 0.1) is 5.92 Å². The number of hydrogen-bond acceptors (Lipinski definition) is 5. The first-order chi connectivity index (χ1) is 11.0. The van der Waals surface area contributed by atoms with E-state index in [4.69, 9.17) is 21.1 Å². The van der Waals surface area contributed by atoms with Gasteiger partial charge in [-0.2, -0.15) is 0 Å². The summed E-state index contributed by atoms with van der Waals surface area (Å²) in [6, 6.07) is 3.12. The van der Waals surface area contributed by atoms with Gasteiger partial charge >= 0.3 is 5.97 Å². The Hall–Kier alpha value is -1.66. The van der Waals surface area contributed by atoms with E-state index in [1.165, 1.54) is 19.4 Å². The van der Waals surface area contributed by atoms with Crippen LogP contribution >= 0.6 is 11.6 Å². The van der Waals surface area contributed by atoms with Crippen molar-refractivity contribution in [3.63, 3.8) is 0 Å². The second-order valence-corrected chi connectivity index (χ2v) is 5.52. The molecule has 1 aromatic heterocycles. The number of halogens is 1. The molecule has 0 fully saturated rings. The number of rotatable bonds is 9. The molecule has 1 rings (SSSR count). The first kappa shape index (κ1) is 19.4. The molecule has 0 aliphatic heterocycles. The standard InChI is InChI=1S/C16H23ClN2O4/c1-4-23-9-5-8-19(11-12(2)16(21)22-3)15(20)14-10-13(17)6-7-18-14/h6-7,10,12H,4-5,8-9,11H2,1-3H3. The van der Waals surface area contributed by atoms with Crippen LogP contribution in [0.1, 0.15) is 30.8 Å². The molecule has 6 nitrogen and oxygen atoms in total. The van der Waals surface area contributed by atoms with Crippen molar-refractivity contribution in [2.45, 2.75) is 20.3 Å². The van der Waals surface area contributed by atoms with Crippen LogP contribution in [0.2, 0.25) is 5.02 Å². The molecule has 0 radical (unpaired) electrons. The average molecular weight is 343 g/mol. The van der Waals surface area contributed by atoms with Gasteiger partial charge in [-0.25, -0.2) is 0 Å². The highest BCUT2D eigenvalue weighted by Crippen LogP contribution is 2.12. The van der Waals surface area contributed by atoms with Crippen molar-refractivity contribution >= 4 is 23.5 Å². The van der Waals surface area contributed by atoms with E-state index in [9.17, 15) is 9.59 Å². The molecule has 1 atom stereocenters. The highest BCUT2D eigenvalue weighted by molar-refractivity contribution is 6.30. The Labute approximate surface area is 141 Å². The van der Waals surface area contributed by atoms with Crippen molar-refractivity contribution in [3.05, 3.63) is 29.0 Å². The predicted octanol–water partition coefficient (Wildman–Crippen LogP) is 2.41. The van der Waals surface area contributed by atoms with Gasteiger partial charge in [0.05, 0.1) is 13.0 Å². The van der Waals surface area contributed by atoms with Crippen LogP contribution in [-0.2, 0) is 14.3 Å². The molecule has 0 bridgehead atoms. The van der Waals surface area contributed by atoms with Crippen LogP contribution in [0.15, 0.2) is 18.3 Å². The maximum atomic E-state index is 12.6. The van der Waals surface area contributed by atoms with Crippen molar-refractivity contribution in [1.29, 1.82) is 0 Å². The molecule has 1 aromatic rings. The number of carbonyl (C=O) groups is 2. The third kappa shape index (κ3) is 6.54. The third-order valence-electron chi connectivity index (χ3n) is 3.25. The fourth-order valence-electron chi connectivity index (χ4n) is 2.07. The Bertz CT molecular complexity index is 525. The van der Waals surface area contributed by atoms with Gasteiger partial charge in [-0.15, -0.1) is 0 Å². The van der Waals surface area contributed by atoms with Crippen LogP contribution in [0.25, 0.3) is 0 Å². The largest absolute Gasteiger partial charge is 0.469 e. The molecule has 1 amide bonds. The van der Waals surface area contributed by atoms with E-state index in [-0.39, 0.29) is 24.1 Å². The summed E-state index contributed by atoms with van der Waals surface area (Å²) < 4.78 is 10.0. The summed E-state index contributed by atoms with van der Waals surface area (Å²) >= 11 is 5.91. The number of amides is 1. The van der Waals surface area contributed by atoms with Crippen molar-refractivity contribution in [3.8, 4) is 0 Å². The molecule has 0 saturated carbocycles. The van der Waals surface area contributed by atoms with Crippen molar-refractivity contribution in [2.24, 2.45) is 5.92 Å². The molecule has 7 heteroatoms. The first-order valence-electron chi connectivity index (χ1n) is 7.56. The van der Waals surface area contributed by atoms with Gasteiger partial charge in [0, 0.05) is 37.5 Å². The summed E-state index contributed by atoms with van der Waals surface area (Å²) in [5.41, 5.74) is 0.256. The Morgan fingerprint density at radius 3 is 2.78 bits per heavy atom. The molecule has 0 saturated heterocycles. The SMILES string of the molecule is CCOCCCN(CC(C)C(=O)OC)C(=O)c1cc(Cl)ccn1. The Balaban J connectivity index is 2.80. The van der Waals surface area contributed by atoms with E-state index in [2.05, 4.69) is 4.98 Å². The number of carbonyl (C=O) groups excluding carboxylic acids is 2. The van der Waals surface area contributed by atoms with Gasteiger partial charge in [-0.1, -0.05) is 18.5 Å². The topological polar surface area (TPSA) is 68.7 Å². The summed E-state index contributed by atoms with van der Waals surface area (Å²) in [5.74, 6) is -1.04. The lowest BCUT2D eigenvalue weighted by Gasteiger charge is -2.24. The lowest BCUT2D eigenvalue weighted by molar-refractivity contribution is -0.145. The zero-order chi connectivity index (χ0) is 17.2. The fraction of sp³-hybridized carbons (Fsp3) is 0.562. The normalized spacial score (nSPS) is 11.8. The zero-order valence-corrected chi connectivity index (χ0v) is 14.5. The maximum Gasteiger partial charge on any atom is 0.310 e. The number of methoxy groups -OCH3 is 1. The molecule has 0 aromatic carbocycles. The number of esters is 1. The van der Waals surface area contributed by atoms with Gasteiger partial charge in [-0.3, -0.25) is 14.6 Å². The van der Waals surface area contributed by atoms with Crippen molar-refractivity contribution < 1.29 is 19.1 Å². The van der Waals surface area contributed by atoms with Gasteiger partial charge in [0.1, 0.15) is 5.69 Å². The fourth-order valence-corrected chi connectivity index (χ4v) is 2.23. The van der Waals surface area contributed by atoms with Gasteiger partial charge in [0.25, 0.3) is 5.91 Å². The highest BCUT2D eigenvalue weighted by Gasteiger charge is 2.23. The van der Waals surface area contributed by atoms with Crippen LogP contribution in [0.4, 0.5) is 0 Å². The summed E-state index contributed by atoms with van der Waals surface area (Å²) in [6.07, 6.45) is 2.16. The van der Waals surface area contributed by atoms with Crippen LogP contribution in [0.3, 0.4) is 0 Å². The van der Waals surface area contributed by atoms with Crippen LogP contribution < -0.4 is 0 Å². The van der Waals surface area contributed by atoms with Crippen LogP contribution in [-0.4, -0.2) is 55.2 Å². The van der Waals surface area contributed by atoms with Gasteiger partial charge in [0.15, 0.2) is 0 Å². The average Bonchev–Trinajstić information content (AvgIpc) is 2.56. The summed E-state index contributed by atoms with van der Waals surface area (Å²) in [7, 11) is 1.33. The molecule has 0 aliphatic carbocycles. The van der Waals surface area contributed by atoms with E-state index >= 15 is 0 Å². The van der Waals surface area contributed by atoms with Crippen LogP contribution in [0.5, 0.6) is 0 Å². The maximum absolute atomic E-state index is 12.6. The first-order valence-corrected chi connectivity index (χ1v) is 7.93. The van der Waals surface area contributed by atoms with Crippen molar-refractivity contribution in [2.75, 3.05) is 33.4 Å². The Morgan fingerprint density at radius 2 is 2.17 bits per heavy atom. The second-order valence-electron chi connectivity index (χ2n) is 5.09. The number of nitrogens with zero attached hydrogens (tertiary/aromatic N) is 2. The number of aromatic nitrogens is 1. The Morgan fingerprint density at radius 1 is 1.43 bits per heavy atom. The Kier molecular flexibility index (Phi) is 8.58. The summed E-state index contributed by atoms with van der Waals surface area (Å²) in [4.78, 5) is 29.9. The third-order valence-corrected chi connectivity index (χ3v) is 3.48. The van der Waals surface area contributed by atoms with Crippen molar-refractivity contribution in [1.82, 2.24) is 9.88 Å². The molecule has 0 spiro atoms. The molecular weight excluding hydrogens is 320 g/mol. The number of ether oxygens (including phenoxy) is 2. The minimum Gasteiger partial charge on any atom is -0.469 e. The second kappa shape index (κ2) is 10.2. The van der Waals surface area contributed by atoms with Gasteiger partial charge < -0.3 is 14.4 Å². The van der Waals surface area contributed by atoms with Gasteiger partial charge in [0.2, 0.25) is 0 Å². The lowest BCUT2D eigenvalue weighted by atomic mass is 10.1. The quantitative estimate of drug-likeness (QED) is 0.509. The molecule has 23 heavy (non-hydrogen) atoms. The number of pyridine rings is 1. The van der Waals surface area contributed by atoms with E-state index in [0.717, 1.165) is 0 Å². The molecule has 128 valence electrons. The number of hydrogen-bond donors (Lipinski definition) is 0.